The van der Waals surface area contributed by atoms with E-state index in [9.17, 15) is 40.5 Å². The molecule has 3 unspecified atom stereocenters. The van der Waals surface area contributed by atoms with Crippen molar-refractivity contribution in [3.8, 4) is 0 Å². The quantitative estimate of drug-likeness (QED) is 0.185. The van der Waals surface area contributed by atoms with Crippen LogP contribution in [0.4, 0.5) is 27.8 Å². The van der Waals surface area contributed by atoms with Crippen molar-refractivity contribution in [2.75, 3.05) is 5.73 Å². The Morgan fingerprint density at radius 1 is 1.22 bits per heavy atom. The molecule has 0 radical (unpaired) electrons. The molecule has 184 valence electrons. The average molecular weight is 557 g/mol. The van der Waals surface area contributed by atoms with Crippen LogP contribution >= 0.6 is 35.7 Å². The fraction of sp³-hybridized carbons (Fsp3) is 0.556. The van der Waals surface area contributed by atoms with E-state index in [1.807, 2.05) is 0 Å². The molecule has 23 heteroatoms. The molecule has 0 saturated carbocycles. The molecule has 1 aromatic heterocycles. The van der Waals surface area contributed by atoms with E-state index in [1.54, 1.807) is 0 Å². The summed E-state index contributed by atoms with van der Waals surface area (Å²) in [4.78, 5) is 38.5. The summed E-state index contributed by atoms with van der Waals surface area (Å²) in [6, 6.07) is 0. The third-order valence-electron chi connectivity index (χ3n) is 3.46. The smallest absolute Gasteiger partial charge is 0.381 e. The minimum absolute atomic E-state index is 0.0505. The van der Waals surface area contributed by atoms with Gasteiger partial charge in [-0.05, 0) is 12.2 Å². The Balaban J connectivity index is 2.36. The van der Waals surface area contributed by atoms with Gasteiger partial charge >= 0.3 is 29.6 Å². The largest absolute Gasteiger partial charge is 0.490 e. The van der Waals surface area contributed by atoms with Crippen LogP contribution in [0.5, 0.6) is 0 Å². The second kappa shape index (κ2) is 8.72. The Bertz CT molecular complexity index is 1100. The molecule has 0 aliphatic carbocycles. The van der Waals surface area contributed by atoms with E-state index in [2.05, 4.69) is 35.1 Å². The van der Waals surface area contributed by atoms with Crippen molar-refractivity contribution in [3.63, 3.8) is 0 Å². The van der Waals surface area contributed by atoms with Crippen LogP contribution in [-0.2, 0) is 31.6 Å². The van der Waals surface area contributed by atoms with Crippen molar-refractivity contribution in [2.24, 2.45) is 0 Å². The Morgan fingerprint density at radius 3 is 2.28 bits per heavy atom. The Kier molecular flexibility index (Phi) is 7.46. The summed E-state index contributed by atoms with van der Waals surface area (Å²) in [5.41, 5.74) is 0.664. The first-order valence-electron chi connectivity index (χ1n) is 7.43. The molecule has 2 heterocycles. The number of hydrogen-bond acceptors (Lipinski definition) is 10. The molecule has 6 N–H and O–H groups in total. The molecule has 1 aliphatic rings. The van der Waals surface area contributed by atoms with Gasteiger partial charge in [0.05, 0.1) is 0 Å². The highest BCUT2D eigenvalue weighted by Gasteiger charge is 2.68. The van der Waals surface area contributed by atoms with Gasteiger partial charge in [-0.3, -0.25) is 9.09 Å². The highest BCUT2D eigenvalue weighted by atomic mass is 32.1. The molecule has 2 rings (SSSR count). The van der Waals surface area contributed by atoms with Gasteiger partial charge in [0.1, 0.15) is 0 Å². The van der Waals surface area contributed by atoms with E-state index >= 15 is 0 Å². The lowest BCUT2D eigenvalue weighted by Gasteiger charge is -2.29. The third-order valence-corrected chi connectivity index (χ3v) is 7.59. The lowest BCUT2D eigenvalue weighted by Crippen LogP contribution is -2.45. The predicted octanol–water partition coefficient (Wildman–Crippen LogP) is 2.19. The molecule has 1 saturated heterocycles. The monoisotopic (exact) mass is 557 g/mol. The Labute approximate surface area is 178 Å². The summed E-state index contributed by atoms with van der Waals surface area (Å²) < 4.78 is 117. The molecule has 1 fully saturated rings. The van der Waals surface area contributed by atoms with Gasteiger partial charge in [0.25, 0.3) is 5.67 Å². The maximum atomic E-state index is 14.9. The predicted molar refractivity (Wildman–Crippen MR) is 90.8 cm³/mol. The van der Waals surface area contributed by atoms with Gasteiger partial charge in [-0.1, -0.05) is 0 Å². The van der Waals surface area contributed by atoms with Crippen molar-refractivity contribution in [1.29, 1.82) is 0 Å². The number of phosphoric ester groups is 1. The normalized spacial score (nSPS) is 28.3. The molecular formula is C9H11F5N3O11P3S. The first kappa shape index (κ1) is 27.4. The molecule has 0 amide bonds. The maximum absolute atomic E-state index is 14.9. The summed E-state index contributed by atoms with van der Waals surface area (Å²) in [5, 5.41) is 0. The number of nitrogens with two attached hydrogens (primary N) is 1. The zero-order valence-corrected chi connectivity index (χ0v) is 18.2. The molecule has 32 heavy (non-hydrogen) atoms. The molecule has 0 bridgehead atoms. The fourth-order valence-electron chi connectivity index (χ4n) is 2.32. The lowest BCUT2D eigenvalue weighted by atomic mass is 10.0. The van der Waals surface area contributed by atoms with Crippen LogP contribution in [0.3, 0.4) is 0 Å². The van der Waals surface area contributed by atoms with Crippen molar-refractivity contribution >= 4 is 41.5 Å². The van der Waals surface area contributed by atoms with Crippen LogP contribution in [0.25, 0.3) is 0 Å². The van der Waals surface area contributed by atoms with Gasteiger partial charge in [-0.2, -0.15) is 26.8 Å². The topological polar surface area (TPSA) is 213 Å². The minimum Gasteiger partial charge on any atom is -0.381 e. The van der Waals surface area contributed by atoms with Gasteiger partial charge in [-0.25, -0.2) is 22.5 Å². The number of nitrogens with zero attached hydrogens (tertiary/aromatic N) is 2. The van der Waals surface area contributed by atoms with Crippen molar-refractivity contribution in [1.82, 2.24) is 9.55 Å². The van der Waals surface area contributed by atoms with Crippen LogP contribution in [0.15, 0.2) is 6.20 Å². The summed E-state index contributed by atoms with van der Waals surface area (Å²) >= 11 is 4.59. The maximum Gasteiger partial charge on any atom is 0.490 e. The molecule has 1 aromatic rings. The molecule has 0 aromatic carbocycles. The van der Waals surface area contributed by atoms with E-state index < -0.39 is 70.7 Å². The number of rotatable bonds is 7. The van der Waals surface area contributed by atoms with Crippen LogP contribution in [0.2, 0.25) is 0 Å². The van der Waals surface area contributed by atoms with Crippen LogP contribution in [0, 0.1) is 10.6 Å². The first-order valence-corrected chi connectivity index (χ1v) is 12.4. The molecule has 14 nitrogen and oxygen atoms in total. The summed E-state index contributed by atoms with van der Waals surface area (Å²) in [7, 11) is -17.8. The summed E-state index contributed by atoms with van der Waals surface area (Å²) in [6.07, 6.45) is -13.0. The number of nitrogen functional groups attached to an aromatic ring is 1. The van der Waals surface area contributed by atoms with Gasteiger partial charge in [0.2, 0.25) is 4.77 Å². The minimum atomic E-state index is -6.02. The second-order valence-electron chi connectivity index (χ2n) is 5.84. The van der Waals surface area contributed by atoms with E-state index in [0.29, 0.717) is 0 Å². The number of anilines is 1. The fourth-order valence-corrected chi connectivity index (χ4v) is 5.65. The molecule has 1 aliphatic heterocycles. The van der Waals surface area contributed by atoms with E-state index in [4.69, 9.17) is 20.4 Å². The summed E-state index contributed by atoms with van der Waals surface area (Å²) in [6.45, 7) is 0. The number of alkyl halides is 4. The van der Waals surface area contributed by atoms with Crippen LogP contribution < -0.4 is 5.73 Å². The number of hydrogen-bond donors (Lipinski definition) is 5. The van der Waals surface area contributed by atoms with E-state index in [1.165, 1.54) is 0 Å². The number of phosphoric acid groups is 3. The Morgan fingerprint density at radius 2 is 1.78 bits per heavy atom. The van der Waals surface area contributed by atoms with Crippen molar-refractivity contribution in [2.45, 2.75) is 30.8 Å². The summed E-state index contributed by atoms with van der Waals surface area (Å²) in [5.74, 6) is -2.27. The van der Waals surface area contributed by atoms with Gasteiger partial charge in [0, 0.05) is 12.6 Å². The van der Waals surface area contributed by atoms with E-state index in [0.717, 1.165) is 0 Å². The van der Waals surface area contributed by atoms with E-state index in [-0.39, 0.29) is 10.8 Å². The first-order chi connectivity index (χ1) is 14.2. The molecule has 5 atom stereocenters. The number of ether oxygens (including phenoxy) is 1. The van der Waals surface area contributed by atoms with Gasteiger partial charge in [0.15, 0.2) is 24.2 Å². The zero-order valence-electron chi connectivity index (χ0n) is 14.7. The highest BCUT2D eigenvalue weighted by molar-refractivity contribution is 7.71. The SMILES string of the molecule is Nc1nc(=S)n([C@@H]2O[C@H](OP(=O)(O)OP(=O)(O)OP(=O)(O)O)CC2(F)C(F)(F)F)cc1F. The van der Waals surface area contributed by atoms with Gasteiger partial charge in [-0.15, -0.1) is 0 Å². The third kappa shape index (κ3) is 6.37. The van der Waals surface area contributed by atoms with Crippen LogP contribution in [-0.4, -0.2) is 47.3 Å². The molecule has 0 spiro atoms. The van der Waals surface area contributed by atoms with Crippen LogP contribution in [0.1, 0.15) is 12.6 Å². The van der Waals surface area contributed by atoms with Gasteiger partial charge < -0.3 is 30.0 Å². The zero-order chi connectivity index (χ0) is 24.9. The average Bonchev–Trinajstić information content (AvgIpc) is 2.83. The number of aromatic nitrogens is 2. The highest BCUT2D eigenvalue weighted by Crippen LogP contribution is 2.67. The Hall–Kier alpha value is -0.880. The molecular weight excluding hydrogens is 546 g/mol. The standard InChI is InChI=1S/C9H11F5N3O11P3S/c10-3-2-17(7(32)16-5(3)15)6-8(11,9(12,13)14)1-4(25-6)26-30(21,22)28-31(23,24)27-29(18,19)20/h2,4,6H,1H2,(H,21,22)(H,23,24)(H2,15,16,32)(H2,18,19,20)/t4-,6-,8?/m1/s1. The lowest BCUT2D eigenvalue weighted by molar-refractivity contribution is -0.257. The number of halogens is 5. The van der Waals surface area contributed by atoms with Crippen molar-refractivity contribution < 1.29 is 73.1 Å². The van der Waals surface area contributed by atoms with Crippen molar-refractivity contribution in [3.05, 3.63) is 16.8 Å². The second-order valence-corrected chi connectivity index (χ2v) is 10.6.